The van der Waals surface area contributed by atoms with E-state index in [0.717, 1.165) is 18.4 Å². The molecule has 1 aromatic heterocycles. The SMILES string of the molecule is O=C1CCC(N2Cc3cc(-n4cc(C(=O)N5CC6CCCC(=O)NC6C5)nn4)ccc3C2=O)C(=O)N1. The van der Waals surface area contributed by atoms with E-state index in [-0.39, 0.29) is 54.2 Å². The number of piperidine rings is 1. The Bertz CT molecular complexity index is 1300. The lowest BCUT2D eigenvalue weighted by atomic mass is 9.99. The molecule has 4 aliphatic rings. The van der Waals surface area contributed by atoms with Gasteiger partial charge in [0.15, 0.2) is 5.69 Å². The van der Waals surface area contributed by atoms with Gasteiger partial charge in [0.05, 0.1) is 17.9 Å². The molecule has 0 radical (unpaired) electrons. The van der Waals surface area contributed by atoms with Gasteiger partial charge in [-0.15, -0.1) is 5.10 Å². The molecule has 186 valence electrons. The van der Waals surface area contributed by atoms with Gasteiger partial charge in [-0.1, -0.05) is 5.21 Å². The van der Waals surface area contributed by atoms with Crippen molar-refractivity contribution in [2.24, 2.45) is 5.92 Å². The Morgan fingerprint density at radius 1 is 1.03 bits per heavy atom. The number of amides is 5. The summed E-state index contributed by atoms with van der Waals surface area (Å²) in [5, 5.41) is 13.5. The van der Waals surface area contributed by atoms with Crippen molar-refractivity contribution >= 4 is 29.5 Å². The number of benzene rings is 1. The molecular formula is C24H25N7O5. The number of imide groups is 1. The summed E-state index contributed by atoms with van der Waals surface area (Å²) in [6.45, 7) is 1.28. The number of carbonyl (C=O) groups is 5. The fraction of sp³-hybridized carbons (Fsp3) is 0.458. The van der Waals surface area contributed by atoms with E-state index in [2.05, 4.69) is 20.9 Å². The van der Waals surface area contributed by atoms with E-state index in [9.17, 15) is 24.0 Å². The lowest BCUT2D eigenvalue weighted by Gasteiger charge is -2.29. The molecule has 12 nitrogen and oxygen atoms in total. The molecule has 12 heteroatoms. The second kappa shape index (κ2) is 8.54. The molecule has 36 heavy (non-hydrogen) atoms. The summed E-state index contributed by atoms with van der Waals surface area (Å²) in [4.78, 5) is 64.8. The van der Waals surface area contributed by atoms with Gasteiger partial charge in [0.2, 0.25) is 17.7 Å². The number of rotatable bonds is 3. The van der Waals surface area contributed by atoms with E-state index in [0.29, 0.717) is 37.2 Å². The Morgan fingerprint density at radius 2 is 1.89 bits per heavy atom. The monoisotopic (exact) mass is 491 g/mol. The topological polar surface area (TPSA) is 147 Å². The largest absolute Gasteiger partial charge is 0.351 e. The fourth-order valence-corrected chi connectivity index (χ4v) is 5.65. The zero-order valence-corrected chi connectivity index (χ0v) is 19.5. The molecule has 3 atom stereocenters. The molecule has 3 fully saturated rings. The average molecular weight is 492 g/mol. The molecule has 6 rings (SSSR count). The number of nitrogens with one attached hydrogen (secondary N) is 2. The van der Waals surface area contributed by atoms with Gasteiger partial charge < -0.3 is 15.1 Å². The zero-order chi connectivity index (χ0) is 25.0. The third-order valence-corrected chi connectivity index (χ3v) is 7.54. The quantitative estimate of drug-likeness (QED) is 0.564. The summed E-state index contributed by atoms with van der Waals surface area (Å²) in [6.07, 6.45) is 4.32. The van der Waals surface area contributed by atoms with Gasteiger partial charge in [-0.05, 0) is 48.9 Å². The number of aromatic nitrogens is 3. The Labute approximate surface area is 206 Å². The first-order valence-electron chi connectivity index (χ1n) is 12.2. The van der Waals surface area contributed by atoms with Crippen LogP contribution in [0.25, 0.3) is 5.69 Å². The van der Waals surface area contributed by atoms with Gasteiger partial charge in [0.25, 0.3) is 11.8 Å². The van der Waals surface area contributed by atoms with Crippen LogP contribution in [0.15, 0.2) is 24.4 Å². The molecule has 2 aromatic rings. The molecular weight excluding hydrogens is 466 g/mol. The summed E-state index contributed by atoms with van der Waals surface area (Å²) in [5.74, 6) is -0.981. The van der Waals surface area contributed by atoms with Crippen LogP contribution in [0.2, 0.25) is 0 Å². The zero-order valence-electron chi connectivity index (χ0n) is 19.5. The first kappa shape index (κ1) is 22.4. The van der Waals surface area contributed by atoms with Crippen LogP contribution in [-0.2, 0) is 20.9 Å². The van der Waals surface area contributed by atoms with Crippen LogP contribution in [0.1, 0.15) is 58.5 Å². The summed E-state index contributed by atoms with van der Waals surface area (Å²) >= 11 is 0. The third-order valence-electron chi connectivity index (χ3n) is 7.54. The summed E-state index contributed by atoms with van der Waals surface area (Å²) < 4.78 is 1.49. The van der Waals surface area contributed by atoms with Crippen LogP contribution in [0, 0.1) is 5.92 Å². The van der Waals surface area contributed by atoms with E-state index in [1.807, 2.05) is 0 Å². The Hall–Kier alpha value is -4.09. The first-order chi connectivity index (χ1) is 17.4. The smallest absolute Gasteiger partial charge is 0.276 e. The van der Waals surface area contributed by atoms with Crippen molar-refractivity contribution in [2.75, 3.05) is 13.1 Å². The standard InChI is InChI=1S/C24H25N7O5/c32-20-3-1-2-13-9-29(11-17(13)25-20)24(36)18-12-31(28-27-18)15-4-5-16-14(8-15)10-30(23(16)35)19-6-7-21(33)26-22(19)34/h4-5,8,12-13,17,19H,1-3,6-7,9-11H2,(H,25,32)(H,26,33,34). The molecule has 4 aliphatic heterocycles. The molecule has 0 bridgehead atoms. The molecule has 3 unspecified atom stereocenters. The molecule has 0 saturated carbocycles. The second-order valence-corrected chi connectivity index (χ2v) is 9.83. The van der Waals surface area contributed by atoms with Crippen LogP contribution in [0.3, 0.4) is 0 Å². The minimum atomic E-state index is -0.681. The molecule has 0 aliphatic carbocycles. The Kier molecular flexibility index (Phi) is 5.31. The molecule has 1 aromatic carbocycles. The number of nitrogens with zero attached hydrogens (tertiary/aromatic N) is 5. The minimum absolute atomic E-state index is 0.0273. The molecule has 0 spiro atoms. The molecule has 3 saturated heterocycles. The molecule has 5 heterocycles. The predicted octanol–water partition coefficient (Wildman–Crippen LogP) is -0.231. The number of hydrogen-bond donors (Lipinski definition) is 2. The first-order valence-corrected chi connectivity index (χ1v) is 12.2. The third kappa shape index (κ3) is 3.82. The van der Waals surface area contributed by atoms with Crippen LogP contribution >= 0.6 is 0 Å². The number of carbonyl (C=O) groups excluding carboxylic acids is 5. The highest BCUT2D eigenvalue weighted by molar-refractivity contribution is 6.05. The van der Waals surface area contributed by atoms with Gasteiger partial charge in [-0.2, -0.15) is 0 Å². The van der Waals surface area contributed by atoms with E-state index < -0.39 is 11.9 Å². The highest BCUT2D eigenvalue weighted by Crippen LogP contribution is 2.29. The highest BCUT2D eigenvalue weighted by atomic mass is 16.2. The fourth-order valence-electron chi connectivity index (χ4n) is 5.65. The van der Waals surface area contributed by atoms with Gasteiger partial charge in [0.1, 0.15) is 6.04 Å². The predicted molar refractivity (Wildman–Crippen MR) is 123 cm³/mol. The van der Waals surface area contributed by atoms with E-state index in [4.69, 9.17) is 0 Å². The Balaban J connectivity index is 1.17. The highest BCUT2D eigenvalue weighted by Gasteiger charge is 2.40. The van der Waals surface area contributed by atoms with Crippen molar-refractivity contribution in [2.45, 2.75) is 50.7 Å². The van der Waals surface area contributed by atoms with E-state index in [1.54, 1.807) is 29.3 Å². The van der Waals surface area contributed by atoms with Crippen LogP contribution in [0.4, 0.5) is 0 Å². The molecule has 2 N–H and O–H groups in total. The van der Waals surface area contributed by atoms with Crippen LogP contribution in [0.5, 0.6) is 0 Å². The Morgan fingerprint density at radius 3 is 2.72 bits per heavy atom. The van der Waals surface area contributed by atoms with Crippen LogP contribution in [-0.4, -0.2) is 79.5 Å². The van der Waals surface area contributed by atoms with Gasteiger partial charge >= 0.3 is 0 Å². The van der Waals surface area contributed by atoms with Crippen molar-refractivity contribution in [3.63, 3.8) is 0 Å². The maximum atomic E-state index is 13.1. The van der Waals surface area contributed by atoms with Gasteiger partial charge in [-0.3, -0.25) is 29.3 Å². The number of fused-ring (bicyclic) bond motifs is 2. The maximum absolute atomic E-state index is 13.1. The van der Waals surface area contributed by atoms with E-state index >= 15 is 0 Å². The van der Waals surface area contributed by atoms with Crippen molar-refractivity contribution in [3.05, 3.63) is 41.2 Å². The summed E-state index contributed by atoms with van der Waals surface area (Å²) in [5.41, 5.74) is 2.08. The van der Waals surface area contributed by atoms with Gasteiger partial charge in [-0.25, -0.2) is 4.68 Å². The lowest BCUT2D eigenvalue weighted by Crippen LogP contribution is -2.52. The van der Waals surface area contributed by atoms with Crippen molar-refractivity contribution < 1.29 is 24.0 Å². The van der Waals surface area contributed by atoms with Crippen LogP contribution < -0.4 is 10.6 Å². The minimum Gasteiger partial charge on any atom is -0.351 e. The number of likely N-dealkylation sites (tertiary alicyclic amines) is 1. The summed E-state index contributed by atoms with van der Waals surface area (Å²) in [6, 6.07) is 4.49. The maximum Gasteiger partial charge on any atom is 0.276 e. The van der Waals surface area contributed by atoms with Crippen molar-refractivity contribution in [1.82, 2.24) is 35.4 Å². The molecule has 5 amide bonds. The second-order valence-electron chi connectivity index (χ2n) is 9.83. The average Bonchev–Trinajstić information content (AvgIpc) is 3.54. The number of hydrogen-bond acceptors (Lipinski definition) is 7. The summed E-state index contributed by atoms with van der Waals surface area (Å²) in [7, 11) is 0. The van der Waals surface area contributed by atoms with Crippen molar-refractivity contribution in [1.29, 1.82) is 0 Å². The van der Waals surface area contributed by atoms with Crippen molar-refractivity contribution in [3.8, 4) is 5.69 Å². The van der Waals surface area contributed by atoms with Gasteiger partial charge in [0, 0.05) is 38.0 Å². The van der Waals surface area contributed by atoms with E-state index in [1.165, 1.54) is 9.58 Å². The normalized spacial score (nSPS) is 25.8. The lowest BCUT2D eigenvalue weighted by molar-refractivity contribution is -0.137.